The summed E-state index contributed by atoms with van der Waals surface area (Å²) in [6, 6.07) is 20.8. The van der Waals surface area contributed by atoms with Crippen LogP contribution in [-0.4, -0.2) is 78.8 Å². The lowest BCUT2D eigenvalue weighted by Crippen LogP contribution is -2.57. The summed E-state index contributed by atoms with van der Waals surface area (Å²) in [4.78, 5) is 70.2. The van der Waals surface area contributed by atoms with Crippen LogP contribution in [0, 0.1) is 5.92 Å². The summed E-state index contributed by atoms with van der Waals surface area (Å²) in [6.07, 6.45) is 2.69. The first-order valence-corrected chi connectivity index (χ1v) is 18.2. The number of benzene rings is 3. The highest BCUT2D eigenvalue weighted by molar-refractivity contribution is 6.01. The van der Waals surface area contributed by atoms with Gasteiger partial charge >= 0.3 is 0 Å². The van der Waals surface area contributed by atoms with Crippen molar-refractivity contribution in [3.8, 4) is 5.75 Å². The van der Waals surface area contributed by atoms with Crippen molar-refractivity contribution in [2.24, 2.45) is 5.92 Å². The molecule has 0 saturated carbocycles. The number of para-hydroxylation sites is 1. The van der Waals surface area contributed by atoms with Gasteiger partial charge in [0.25, 0.3) is 5.91 Å². The maximum Gasteiger partial charge on any atom is 0.255 e. The fourth-order valence-corrected chi connectivity index (χ4v) is 6.36. The van der Waals surface area contributed by atoms with Crippen LogP contribution < -0.4 is 31.3 Å². The molecule has 0 aliphatic carbocycles. The number of rotatable bonds is 8. The lowest BCUT2D eigenvalue weighted by molar-refractivity contribution is -0.133. The molecule has 2 aliphatic heterocycles. The maximum atomic E-state index is 13.7. The van der Waals surface area contributed by atoms with Gasteiger partial charge in [-0.1, -0.05) is 80.6 Å². The lowest BCUT2D eigenvalue weighted by Gasteiger charge is -2.26. The minimum atomic E-state index is -1.26. The van der Waals surface area contributed by atoms with E-state index in [2.05, 4.69) is 31.5 Å². The molecule has 5 amide bonds. The zero-order chi connectivity index (χ0) is 36.9. The Balaban J connectivity index is 1.34. The Morgan fingerprint density at radius 3 is 2.23 bits per heavy atom. The minimum absolute atomic E-state index is 0.193. The van der Waals surface area contributed by atoms with Gasteiger partial charge in [0.05, 0.1) is 18.6 Å². The molecule has 3 atom stereocenters. The number of nitrogens with one attached hydrogen (secondary N) is 5. The van der Waals surface area contributed by atoms with E-state index in [1.165, 1.54) is 18.4 Å². The highest BCUT2D eigenvalue weighted by Crippen LogP contribution is 2.19. The molecule has 12 heteroatoms. The largest absolute Gasteiger partial charge is 0.493 e. The number of hydrogen-bond acceptors (Lipinski definition) is 7. The summed E-state index contributed by atoms with van der Waals surface area (Å²) in [7, 11) is 0. The first-order valence-electron chi connectivity index (χ1n) is 18.2. The second-order valence-corrected chi connectivity index (χ2v) is 13.8. The van der Waals surface area contributed by atoms with Crippen molar-refractivity contribution in [2.75, 3.05) is 26.2 Å². The van der Waals surface area contributed by atoms with E-state index in [4.69, 9.17) is 4.74 Å². The summed E-state index contributed by atoms with van der Waals surface area (Å²) < 4.78 is 5.93. The van der Waals surface area contributed by atoms with Crippen molar-refractivity contribution in [1.82, 2.24) is 31.5 Å². The van der Waals surface area contributed by atoms with Gasteiger partial charge in [-0.2, -0.15) is 0 Å². The Morgan fingerprint density at radius 1 is 0.808 bits per heavy atom. The van der Waals surface area contributed by atoms with Crippen molar-refractivity contribution in [2.45, 2.75) is 77.2 Å². The van der Waals surface area contributed by atoms with Crippen LogP contribution in [0.2, 0.25) is 0 Å². The quantitative estimate of drug-likeness (QED) is 0.241. The predicted molar refractivity (Wildman–Crippen MR) is 197 cm³/mol. The highest BCUT2D eigenvalue weighted by atomic mass is 16.5. The highest BCUT2D eigenvalue weighted by Gasteiger charge is 2.32. The normalized spacial score (nSPS) is 21.0. The van der Waals surface area contributed by atoms with Crippen LogP contribution in [0.3, 0.4) is 0 Å². The van der Waals surface area contributed by atoms with E-state index in [-0.39, 0.29) is 43.5 Å². The van der Waals surface area contributed by atoms with Crippen LogP contribution in [-0.2, 0) is 38.7 Å². The van der Waals surface area contributed by atoms with Crippen molar-refractivity contribution >= 4 is 29.5 Å². The molecule has 5 rings (SSSR count). The van der Waals surface area contributed by atoms with Crippen molar-refractivity contribution in [3.05, 3.63) is 101 Å². The molecule has 2 aliphatic rings. The first kappa shape index (κ1) is 38.0. The third kappa shape index (κ3) is 11.1. The van der Waals surface area contributed by atoms with Gasteiger partial charge in [0.15, 0.2) is 0 Å². The number of carbonyl (C=O) groups is 5. The monoisotopic (exact) mass is 710 g/mol. The molecule has 0 radical (unpaired) electrons. The number of hydrogen-bond donors (Lipinski definition) is 5. The van der Waals surface area contributed by atoms with E-state index in [1.54, 1.807) is 38.1 Å². The van der Waals surface area contributed by atoms with E-state index < -0.39 is 48.2 Å². The molecule has 3 aromatic rings. The fourth-order valence-electron chi connectivity index (χ4n) is 6.36. The topological polar surface area (TPSA) is 158 Å². The van der Waals surface area contributed by atoms with Crippen molar-refractivity contribution < 1.29 is 28.7 Å². The van der Waals surface area contributed by atoms with E-state index >= 15 is 0 Å². The van der Waals surface area contributed by atoms with Crippen LogP contribution in [0.25, 0.3) is 0 Å². The summed E-state index contributed by atoms with van der Waals surface area (Å²) in [5, 5.41) is 14.1. The van der Waals surface area contributed by atoms with Crippen LogP contribution >= 0.6 is 0 Å². The molecule has 5 N–H and O–H groups in total. The molecule has 12 nitrogen and oxygen atoms in total. The molecule has 0 aromatic heterocycles. The second kappa shape index (κ2) is 18.8. The number of likely N-dealkylation sites (tertiary alicyclic amines) is 1. The molecule has 0 bridgehead atoms. The van der Waals surface area contributed by atoms with E-state index in [9.17, 15) is 24.0 Å². The molecule has 1 saturated heterocycles. The Labute approximate surface area is 305 Å². The van der Waals surface area contributed by atoms with Crippen molar-refractivity contribution in [1.29, 1.82) is 0 Å². The SMILES string of the molecule is CC(C)[C@@H]1NC(=O)C[C@@H](C(=O)NCc2ccc(CN3CCCC3)cc2)NC(=O)c2ccccc2OCCCNC(=O)[C@H](Cc2ccccc2)NC1=O. The number of nitrogens with zero attached hydrogens (tertiary/aromatic N) is 1. The maximum absolute atomic E-state index is 13.7. The van der Waals surface area contributed by atoms with Gasteiger partial charge in [-0.3, -0.25) is 28.9 Å². The number of fused-ring (bicyclic) bond motifs is 1. The molecule has 276 valence electrons. The average molecular weight is 711 g/mol. The summed E-state index contributed by atoms with van der Waals surface area (Å²) in [5.74, 6) is -2.71. The molecule has 2 heterocycles. The molecule has 3 aromatic carbocycles. The van der Waals surface area contributed by atoms with Gasteiger partial charge in [0.1, 0.15) is 23.9 Å². The Morgan fingerprint density at radius 2 is 1.50 bits per heavy atom. The third-order valence-corrected chi connectivity index (χ3v) is 9.30. The smallest absolute Gasteiger partial charge is 0.255 e. The second-order valence-electron chi connectivity index (χ2n) is 13.8. The number of carbonyl (C=O) groups excluding carboxylic acids is 5. The zero-order valence-corrected chi connectivity index (χ0v) is 30.0. The van der Waals surface area contributed by atoms with E-state index in [1.807, 2.05) is 54.6 Å². The van der Waals surface area contributed by atoms with Crippen LogP contribution in [0.5, 0.6) is 5.75 Å². The lowest BCUT2D eigenvalue weighted by atomic mass is 10.0. The van der Waals surface area contributed by atoms with E-state index in [0.29, 0.717) is 12.2 Å². The molecule has 0 spiro atoms. The van der Waals surface area contributed by atoms with Gasteiger partial charge in [-0.25, -0.2) is 0 Å². The van der Waals surface area contributed by atoms with Gasteiger partial charge in [0, 0.05) is 26.1 Å². The minimum Gasteiger partial charge on any atom is -0.493 e. The first-order chi connectivity index (χ1) is 25.2. The summed E-state index contributed by atoms with van der Waals surface area (Å²) in [5.41, 5.74) is 3.12. The standard InChI is InChI=1S/C40H50N6O6/c1-27(2)36-40(51)44-32(23-28-11-4-3-5-12-28)38(49)41-19-10-22-52-34-14-7-6-13-31(34)37(48)43-33(24-35(47)45-36)39(50)42-25-29-15-17-30(18-16-29)26-46-20-8-9-21-46/h3-7,11-18,27,32-33,36H,8-10,19-26H2,1-2H3,(H,41,49)(H,42,50)(H,43,48)(H,44,51)(H,45,47)/t32-,33-,36-/m0/s1. The number of ether oxygens (including phenoxy) is 1. The fraction of sp³-hybridized carbons (Fsp3) is 0.425. The van der Waals surface area contributed by atoms with E-state index in [0.717, 1.165) is 30.8 Å². The Kier molecular flexibility index (Phi) is 13.8. The van der Waals surface area contributed by atoms with Gasteiger partial charge in [-0.05, 0) is 67.1 Å². The Hall–Kier alpha value is -5.23. The molecule has 52 heavy (non-hydrogen) atoms. The third-order valence-electron chi connectivity index (χ3n) is 9.30. The van der Waals surface area contributed by atoms with Crippen LogP contribution in [0.15, 0.2) is 78.9 Å². The zero-order valence-electron chi connectivity index (χ0n) is 30.0. The molecule has 0 unspecified atom stereocenters. The van der Waals surface area contributed by atoms with Gasteiger partial charge < -0.3 is 31.3 Å². The van der Waals surface area contributed by atoms with Crippen LogP contribution in [0.1, 0.15) is 66.6 Å². The molecular formula is C40H50N6O6. The summed E-state index contributed by atoms with van der Waals surface area (Å²) >= 11 is 0. The summed E-state index contributed by atoms with van der Waals surface area (Å²) in [6.45, 7) is 7.30. The average Bonchev–Trinajstić information content (AvgIpc) is 3.65. The van der Waals surface area contributed by atoms with Gasteiger partial charge in [0.2, 0.25) is 23.6 Å². The number of amides is 5. The molecule has 1 fully saturated rings. The van der Waals surface area contributed by atoms with Gasteiger partial charge in [-0.15, -0.1) is 0 Å². The Bertz CT molecular complexity index is 1680. The van der Waals surface area contributed by atoms with Crippen LogP contribution in [0.4, 0.5) is 0 Å². The van der Waals surface area contributed by atoms with Crippen molar-refractivity contribution in [3.63, 3.8) is 0 Å². The predicted octanol–water partition coefficient (Wildman–Crippen LogP) is 2.85. The molecular weight excluding hydrogens is 660 g/mol.